The first-order valence-electron chi connectivity index (χ1n) is 8.06. The Balaban J connectivity index is 1.74. The average Bonchev–Trinajstić information content (AvgIpc) is 2.92. The average molecular weight is 345 g/mol. The van der Waals surface area contributed by atoms with E-state index >= 15 is 0 Å². The second kappa shape index (κ2) is 7.63. The molecular formula is C15H27N3O4S. The predicted octanol–water partition coefficient (Wildman–Crippen LogP) is 0.678. The molecule has 0 bridgehead atoms. The van der Waals surface area contributed by atoms with Crippen LogP contribution in [0.3, 0.4) is 0 Å². The maximum atomic E-state index is 12.2. The number of amides is 2. The zero-order valence-corrected chi connectivity index (χ0v) is 14.5. The van der Waals surface area contributed by atoms with Gasteiger partial charge in [-0.1, -0.05) is 12.2 Å². The Labute approximate surface area is 138 Å². The zero-order valence-electron chi connectivity index (χ0n) is 13.7. The van der Waals surface area contributed by atoms with E-state index in [0.717, 1.165) is 12.0 Å². The lowest BCUT2D eigenvalue weighted by molar-refractivity contribution is 0.118. The van der Waals surface area contributed by atoms with Crippen molar-refractivity contribution in [3.63, 3.8) is 0 Å². The Kier molecular flexibility index (Phi) is 6.05. The van der Waals surface area contributed by atoms with Crippen LogP contribution in [0.2, 0.25) is 0 Å². The van der Waals surface area contributed by atoms with Crippen LogP contribution in [0.1, 0.15) is 26.2 Å². The lowest BCUT2D eigenvalue weighted by Crippen LogP contribution is -2.47. The number of hydrogen-bond donors (Lipinski definition) is 2. The third-order valence-corrected chi connectivity index (χ3v) is 5.52. The van der Waals surface area contributed by atoms with Crippen molar-refractivity contribution in [3.05, 3.63) is 12.2 Å². The van der Waals surface area contributed by atoms with E-state index in [4.69, 9.17) is 9.88 Å². The van der Waals surface area contributed by atoms with Crippen LogP contribution in [0.5, 0.6) is 0 Å². The molecule has 0 spiro atoms. The van der Waals surface area contributed by atoms with E-state index in [9.17, 15) is 13.2 Å². The van der Waals surface area contributed by atoms with Crippen molar-refractivity contribution in [2.75, 3.05) is 32.0 Å². The minimum Gasteiger partial charge on any atom is -0.374 e. The van der Waals surface area contributed by atoms with Gasteiger partial charge in [0.15, 0.2) is 0 Å². The van der Waals surface area contributed by atoms with Crippen LogP contribution in [0, 0.1) is 11.8 Å². The van der Waals surface area contributed by atoms with Crippen molar-refractivity contribution in [3.8, 4) is 0 Å². The van der Waals surface area contributed by atoms with E-state index < -0.39 is 10.0 Å². The van der Waals surface area contributed by atoms with Gasteiger partial charge in [0.1, 0.15) is 0 Å². The molecule has 0 unspecified atom stereocenters. The molecule has 2 atom stereocenters. The van der Waals surface area contributed by atoms with Gasteiger partial charge in [-0.25, -0.2) is 18.4 Å². The van der Waals surface area contributed by atoms with Gasteiger partial charge in [-0.05, 0) is 32.1 Å². The highest BCUT2D eigenvalue weighted by atomic mass is 32.2. The number of nitrogens with two attached hydrogens (primary N) is 1. The number of rotatable bonds is 5. The third-order valence-electron chi connectivity index (χ3n) is 4.59. The van der Waals surface area contributed by atoms with Gasteiger partial charge in [0.05, 0.1) is 11.9 Å². The summed E-state index contributed by atoms with van der Waals surface area (Å²) < 4.78 is 27.9. The van der Waals surface area contributed by atoms with Gasteiger partial charge in [0.25, 0.3) is 0 Å². The standard InChI is InChI=1S/C15H27N3O4S/c1-11(2)14-13(5-8-22-14)9-17-15(19)18-6-3-12(4-7-18)10-23(16,20)21/h12-14H,1,3-10H2,2H3,(H,17,19)(H2,16,20,21)/t13-,14+/m0/s1. The summed E-state index contributed by atoms with van der Waals surface area (Å²) in [4.78, 5) is 14.0. The fraction of sp³-hybridized carbons (Fsp3) is 0.800. The van der Waals surface area contributed by atoms with Crippen molar-refractivity contribution in [2.24, 2.45) is 17.0 Å². The number of likely N-dealkylation sites (tertiary alicyclic amines) is 1. The molecule has 0 radical (unpaired) electrons. The molecule has 2 fully saturated rings. The van der Waals surface area contributed by atoms with E-state index in [1.165, 1.54) is 0 Å². The smallest absolute Gasteiger partial charge is 0.317 e. The molecule has 2 heterocycles. The van der Waals surface area contributed by atoms with Gasteiger partial charge in [0, 0.05) is 32.2 Å². The fourth-order valence-corrected chi connectivity index (χ4v) is 4.34. The number of piperidine rings is 1. The van der Waals surface area contributed by atoms with E-state index in [0.29, 0.717) is 39.1 Å². The summed E-state index contributed by atoms with van der Waals surface area (Å²) in [6, 6.07) is -0.0913. The van der Waals surface area contributed by atoms with Gasteiger partial charge in [-0.15, -0.1) is 0 Å². The summed E-state index contributed by atoms with van der Waals surface area (Å²) >= 11 is 0. The van der Waals surface area contributed by atoms with Gasteiger partial charge in [0.2, 0.25) is 10.0 Å². The van der Waals surface area contributed by atoms with E-state index in [1.807, 2.05) is 6.92 Å². The Morgan fingerprint density at radius 1 is 1.35 bits per heavy atom. The number of carbonyl (C=O) groups is 1. The van der Waals surface area contributed by atoms with Crippen LogP contribution < -0.4 is 10.5 Å². The number of carbonyl (C=O) groups excluding carboxylic acids is 1. The minimum atomic E-state index is -3.44. The molecule has 3 N–H and O–H groups in total. The molecule has 2 amide bonds. The van der Waals surface area contributed by atoms with Crippen molar-refractivity contribution in [1.82, 2.24) is 10.2 Å². The monoisotopic (exact) mass is 345 g/mol. The highest BCUT2D eigenvalue weighted by molar-refractivity contribution is 7.89. The van der Waals surface area contributed by atoms with Crippen LogP contribution >= 0.6 is 0 Å². The fourth-order valence-electron chi connectivity index (χ4n) is 3.35. The third kappa shape index (κ3) is 5.47. The maximum Gasteiger partial charge on any atom is 0.317 e. The summed E-state index contributed by atoms with van der Waals surface area (Å²) in [7, 11) is -3.44. The Bertz CT molecular complexity index is 541. The summed E-state index contributed by atoms with van der Waals surface area (Å²) in [5.74, 6) is 0.323. The molecule has 0 aromatic heterocycles. The summed E-state index contributed by atoms with van der Waals surface area (Å²) in [5, 5.41) is 8.04. The predicted molar refractivity (Wildman–Crippen MR) is 88.3 cm³/mol. The second-order valence-electron chi connectivity index (χ2n) is 6.63. The molecule has 0 aromatic carbocycles. The van der Waals surface area contributed by atoms with Crippen LogP contribution in [0.15, 0.2) is 12.2 Å². The first-order valence-corrected chi connectivity index (χ1v) is 9.78. The number of nitrogens with zero attached hydrogens (tertiary/aromatic N) is 1. The second-order valence-corrected chi connectivity index (χ2v) is 8.29. The number of urea groups is 1. The first-order chi connectivity index (χ1) is 10.8. The van der Waals surface area contributed by atoms with E-state index in [1.54, 1.807) is 4.90 Å². The lowest BCUT2D eigenvalue weighted by Gasteiger charge is -2.32. The highest BCUT2D eigenvalue weighted by Crippen LogP contribution is 2.25. The van der Waals surface area contributed by atoms with E-state index in [-0.39, 0.29) is 29.7 Å². The topological polar surface area (TPSA) is 102 Å². The molecule has 2 rings (SSSR count). The molecule has 0 saturated carbocycles. The minimum absolute atomic E-state index is 0.00215. The van der Waals surface area contributed by atoms with Crippen molar-refractivity contribution in [2.45, 2.75) is 32.3 Å². The van der Waals surface area contributed by atoms with Crippen LogP contribution in [0.25, 0.3) is 0 Å². The molecule has 2 saturated heterocycles. The molecule has 0 aromatic rings. The molecule has 0 aliphatic carbocycles. The van der Waals surface area contributed by atoms with Crippen molar-refractivity contribution in [1.29, 1.82) is 0 Å². The Morgan fingerprint density at radius 3 is 2.57 bits per heavy atom. The Morgan fingerprint density at radius 2 is 2.00 bits per heavy atom. The van der Waals surface area contributed by atoms with Gasteiger partial charge >= 0.3 is 6.03 Å². The zero-order chi connectivity index (χ0) is 17.0. The van der Waals surface area contributed by atoms with Crippen molar-refractivity contribution < 1.29 is 17.9 Å². The maximum absolute atomic E-state index is 12.2. The normalized spacial score (nSPS) is 26.3. The lowest BCUT2D eigenvalue weighted by atomic mass is 9.97. The van der Waals surface area contributed by atoms with Crippen LogP contribution in [0.4, 0.5) is 4.79 Å². The number of primary sulfonamides is 1. The van der Waals surface area contributed by atoms with Gasteiger partial charge < -0.3 is 15.0 Å². The van der Waals surface area contributed by atoms with Gasteiger partial charge in [-0.3, -0.25) is 0 Å². The molecule has 8 heteroatoms. The highest BCUT2D eigenvalue weighted by Gasteiger charge is 2.30. The summed E-state index contributed by atoms with van der Waals surface area (Å²) in [6.07, 6.45) is 2.29. The number of sulfonamides is 1. The Hall–Kier alpha value is -1.12. The van der Waals surface area contributed by atoms with Crippen molar-refractivity contribution >= 4 is 16.1 Å². The molecule has 2 aliphatic heterocycles. The largest absolute Gasteiger partial charge is 0.374 e. The molecule has 132 valence electrons. The first kappa shape index (κ1) is 18.2. The quantitative estimate of drug-likeness (QED) is 0.715. The summed E-state index contributed by atoms with van der Waals surface area (Å²) in [6.45, 7) is 8.30. The molecule has 2 aliphatic rings. The molecule has 7 nitrogen and oxygen atoms in total. The number of hydrogen-bond acceptors (Lipinski definition) is 4. The molecule has 23 heavy (non-hydrogen) atoms. The SMILES string of the molecule is C=C(C)[C@H]1OCC[C@H]1CNC(=O)N1CCC(CS(N)(=O)=O)CC1. The molecular weight excluding hydrogens is 318 g/mol. The van der Waals surface area contributed by atoms with Crippen LogP contribution in [-0.4, -0.2) is 57.4 Å². The van der Waals surface area contributed by atoms with E-state index in [2.05, 4.69) is 11.9 Å². The number of ether oxygens (including phenoxy) is 1. The summed E-state index contributed by atoms with van der Waals surface area (Å²) in [5.41, 5.74) is 0.991. The van der Waals surface area contributed by atoms with Gasteiger partial charge in [-0.2, -0.15) is 0 Å². The van der Waals surface area contributed by atoms with Crippen LogP contribution in [-0.2, 0) is 14.8 Å². The number of nitrogens with one attached hydrogen (secondary N) is 1.